The highest BCUT2D eigenvalue weighted by atomic mass is 28.3. The molecule has 2 aromatic heterocycles. The molecule has 6 rings (SSSR count). The molecule has 9 heteroatoms. The summed E-state index contributed by atoms with van der Waals surface area (Å²) >= 11 is 0. The van der Waals surface area contributed by atoms with Crippen molar-refractivity contribution < 1.29 is 19.0 Å². The van der Waals surface area contributed by atoms with Crippen LogP contribution in [-0.2, 0) is 22.6 Å². The summed E-state index contributed by atoms with van der Waals surface area (Å²) in [7, 11) is -1.16. The summed E-state index contributed by atoms with van der Waals surface area (Å²) in [6.07, 6.45) is 8.48. The van der Waals surface area contributed by atoms with Crippen molar-refractivity contribution >= 4 is 36.3 Å². The molecule has 1 aliphatic heterocycles. The minimum atomic E-state index is -1.16. The van der Waals surface area contributed by atoms with Crippen molar-refractivity contribution in [2.75, 3.05) is 37.7 Å². The van der Waals surface area contributed by atoms with Crippen LogP contribution < -0.4 is 9.64 Å². The maximum atomic E-state index is 13.4. The zero-order valence-electron chi connectivity index (χ0n) is 31.8. The average Bonchev–Trinajstić information content (AvgIpc) is 3.34. The second-order valence-corrected chi connectivity index (χ2v) is 22.1. The minimum Gasteiger partial charge on any atom is -0.456 e. The first-order valence-corrected chi connectivity index (χ1v) is 22.3. The largest absolute Gasteiger partial charge is 0.456 e. The fourth-order valence-corrected chi connectivity index (χ4v) is 8.00. The van der Waals surface area contributed by atoms with E-state index >= 15 is 0 Å². The molecule has 3 heterocycles. The number of hydrogen-bond acceptors (Lipinski definition) is 7. The molecule has 272 valence electrons. The van der Waals surface area contributed by atoms with Crippen LogP contribution in [0, 0.1) is 0 Å². The van der Waals surface area contributed by atoms with Gasteiger partial charge in [0, 0.05) is 70.2 Å². The number of ether oxygens (including phenoxy) is 3. The number of benzene rings is 2. The summed E-state index contributed by atoms with van der Waals surface area (Å²) in [6, 6.07) is 18.2. The fraction of sp³-hybridized carbons (Fsp3) is 0.476. The number of carbonyl (C=O) groups is 1. The Labute approximate surface area is 305 Å². The number of carbonyl (C=O) groups excluding carboxylic acids is 1. The molecular formula is C42H56N4O4Si. The second-order valence-electron chi connectivity index (χ2n) is 16.4. The first-order valence-electron chi connectivity index (χ1n) is 18.6. The highest BCUT2D eigenvalue weighted by Gasteiger charge is 2.30. The van der Waals surface area contributed by atoms with Gasteiger partial charge in [-0.15, -0.1) is 0 Å². The molecule has 0 amide bonds. The number of hydrogen-bond donors (Lipinski definition) is 0. The Hall–Kier alpha value is -3.92. The third-order valence-electron chi connectivity index (χ3n) is 9.92. The van der Waals surface area contributed by atoms with Gasteiger partial charge in [-0.3, -0.25) is 4.90 Å². The van der Waals surface area contributed by atoms with E-state index in [1.807, 2.05) is 61.9 Å². The van der Waals surface area contributed by atoms with Gasteiger partial charge in [-0.2, -0.15) is 0 Å². The number of rotatable bonds is 11. The molecule has 1 saturated heterocycles. The van der Waals surface area contributed by atoms with E-state index in [2.05, 4.69) is 61.1 Å². The summed E-state index contributed by atoms with van der Waals surface area (Å²) in [4.78, 5) is 23.2. The Bertz CT molecular complexity index is 1860. The Morgan fingerprint density at radius 3 is 2.51 bits per heavy atom. The maximum Gasteiger partial charge on any atom is 0.342 e. The van der Waals surface area contributed by atoms with Crippen LogP contribution in [0.3, 0.4) is 0 Å². The predicted molar refractivity (Wildman–Crippen MR) is 211 cm³/mol. The van der Waals surface area contributed by atoms with Gasteiger partial charge in [-0.1, -0.05) is 56.4 Å². The topological polar surface area (TPSA) is 69.1 Å². The predicted octanol–water partition coefficient (Wildman–Crippen LogP) is 9.72. The molecule has 2 aliphatic rings. The quantitative estimate of drug-likeness (QED) is 0.0665. The molecule has 1 unspecified atom stereocenters. The van der Waals surface area contributed by atoms with Gasteiger partial charge in [0.05, 0.1) is 6.20 Å². The number of fused-ring (bicyclic) bond motifs is 2. The summed E-state index contributed by atoms with van der Waals surface area (Å²) in [5.41, 5.74) is 7.07. The Morgan fingerprint density at radius 1 is 1.00 bits per heavy atom. The van der Waals surface area contributed by atoms with Crippen molar-refractivity contribution in [3.05, 3.63) is 89.8 Å². The van der Waals surface area contributed by atoms with Crippen molar-refractivity contribution in [1.82, 2.24) is 14.5 Å². The lowest BCUT2D eigenvalue weighted by atomic mass is 9.91. The van der Waals surface area contributed by atoms with Crippen molar-refractivity contribution in [3.8, 4) is 11.5 Å². The van der Waals surface area contributed by atoms with Crippen LogP contribution in [0.25, 0.3) is 16.6 Å². The monoisotopic (exact) mass is 708 g/mol. The third kappa shape index (κ3) is 9.12. The normalized spacial score (nSPS) is 17.2. The Kier molecular flexibility index (Phi) is 11.1. The second kappa shape index (κ2) is 15.4. The summed E-state index contributed by atoms with van der Waals surface area (Å²) < 4.78 is 20.3. The maximum absolute atomic E-state index is 13.4. The van der Waals surface area contributed by atoms with Crippen LogP contribution in [0.1, 0.15) is 80.0 Å². The molecule has 2 aromatic carbocycles. The van der Waals surface area contributed by atoms with Gasteiger partial charge in [-0.25, -0.2) is 9.78 Å². The van der Waals surface area contributed by atoms with E-state index in [0.29, 0.717) is 29.8 Å². The highest BCUT2D eigenvalue weighted by molar-refractivity contribution is 6.76. The first kappa shape index (κ1) is 36.9. The SMILES string of the molecule is C=C(C)c1cccc2c1CCCCC2N1CCN(c2ccc(C(=O)OC(C)(C)C)c(Oc3cnc4c(ccn4COCC[Si](C)(C)C)c3)c2)CC1. The van der Waals surface area contributed by atoms with E-state index in [1.165, 1.54) is 36.0 Å². The van der Waals surface area contributed by atoms with Gasteiger partial charge in [0.1, 0.15) is 35.0 Å². The highest BCUT2D eigenvalue weighted by Crippen LogP contribution is 2.38. The molecule has 8 nitrogen and oxygen atoms in total. The van der Waals surface area contributed by atoms with Crippen molar-refractivity contribution in [1.29, 1.82) is 0 Å². The van der Waals surface area contributed by atoms with Crippen LogP contribution in [0.4, 0.5) is 5.69 Å². The lowest BCUT2D eigenvalue weighted by Gasteiger charge is -2.41. The number of pyridine rings is 1. The summed E-state index contributed by atoms with van der Waals surface area (Å²) in [5.74, 6) is 0.614. The third-order valence-corrected chi connectivity index (χ3v) is 11.6. The lowest BCUT2D eigenvalue weighted by Crippen LogP contribution is -2.47. The van der Waals surface area contributed by atoms with E-state index < -0.39 is 19.6 Å². The van der Waals surface area contributed by atoms with Crippen LogP contribution in [0.15, 0.2) is 67.5 Å². The van der Waals surface area contributed by atoms with Crippen molar-refractivity contribution in [2.24, 2.45) is 0 Å². The van der Waals surface area contributed by atoms with Gasteiger partial charge in [0.25, 0.3) is 0 Å². The summed E-state index contributed by atoms with van der Waals surface area (Å²) in [5, 5.41) is 0.947. The molecule has 0 bridgehead atoms. The van der Waals surface area contributed by atoms with E-state index in [0.717, 1.165) is 67.5 Å². The number of esters is 1. The van der Waals surface area contributed by atoms with Crippen molar-refractivity contribution in [2.45, 2.75) is 97.4 Å². The average molecular weight is 709 g/mol. The Morgan fingerprint density at radius 2 is 1.78 bits per heavy atom. The van der Waals surface area contributed by atoms with Gasteiger partial charge < -0.3 is 23.7 Å². The van der Waals surface area contributed by atoms with E-state index in [9.17, 15) is 4.79 Å². The summed E-state index contributed by atoms with van der Waals surface area (Å²) in [6.45, 7) is 24.0. The molecule has 1 aliphatic carbocycles. The fourth-order valence-electron chi connectivity index (χ4n) is 7.24. The molecule has 0 spiro atoms. The van der Waals surface area contributed by atoms with Crippen LogP contribution in [-0.4, -0.2) is 66.9 Å². The van der Waals surface area contributed by atoms with E-state index in [1.54, 1.807) is 6.20 Å². The van der Waals surface area contributed by atoms with Gasteiger partial charge >= 0.3 is 5.97 Å². The zero-order chi connectivity index (χ0) is 36.3. The lowest BCUT2D eigenvalue weighted by molar-refractivity contribution is 0.00671. The molecule has 0 N–H and O–H groups in total. The van der Waals surface area contributed by atoms with Gasteiger partial charge in [0.2, 0.25) is 0 Å². The molecule has 4 aromatic rings. The molecule has 1 fully saturated rings. The minimum absolute atomic E-state index is 0.393. The number of piperazine rings is 1. The van der Waals surface area contributed by atoms with E-state index in [-0.39, 0.29) is 0 Å². The van der Waals surface area contributed by atoms with Crippen LogP contribution in [0.5, 0.6) is 11.5 Å². The molecule has 0 radical (unpaired) electrons. The smallest absolute Gasteiger partial charge is 0.342 e. The Balaban J connectivity index is 1.20. The van der Waals surface area contributed by atoms with Gasteiger partial charge in [0.15, 0.2) is 0 Å². The molecule has 0 saturated carbocycles. The number of aromatic nitrogens is 2. The standard InChI is InChI=1S/C42H56N4O4Si/c1-30(2)34-13-11-14-36-35(34)12-9-10-15-38(36)45-22-20-44(21-23-45)32-16-17-37(41(47)50-42(3,4)5)39(27-32)49-33-26-31-18-19-46(40(31)43-28-33)29-48-24-25-51(6,7)8/h11,13-14,16-19,26-28,38H,1,9-10,12,15,20-25,29H2,2-8H3. The van der Waals surface area contributed by atoms with E-state index in [4.69, 9.17) is 19.2 Å². The van der Waals surface area contributed by atoms with Crippen LogP contribution in [0.2, 0.25) is 25.7 Å². The van der Waals surface area contributed by atoms with Crippen LogP contribution >= 0.6 is 0 Å². The van der Waals surface area contributed by atoms with Crippen molar-refractivity contribution in [3.63, 3.8) is 0 Å². The number of allylic oxidation sites excluding steroid dienone is 1. The first-order chi connectivity index (χ1) is 24.3. The van der Waals surface area contributed by atoms with Gasteiger partial charge in [-0.05, 0) is 94.0 Å². The molecule has 1 atom stereocenters. The zero-order valence-corrected chi connectivity index (χ0v) is 32.8. The molecule has 51 heavy (non-hydrogen) atoms. The number of nitrogens with zero attached hydrogens (tertiary/aromatic N) is 4. The molecular weight excluding hydrogens is 653 g/mol. The number of anilines is 1.